The molecule has 2 aromatic carbocycles. The number of aromatic nitrogens is 1. The van der Waals surface area contributed by atoms with E-state index >= 15 is 0 Å². The van der Waals surface area contributed by atoms with Gasteiger partial charge in [-0.2, -0.15) is 0 Å². The Morgan fingerprint density at radius 3 is 2.52 bits per heavy atom. The van der Waals surface area contributed by atoms with Gasteiger partial charge in [0.2, 0.25) is 5.82 Å². The number of nitrogens with one attached hydrogen (secondary N) is 1. The molecule has 0 aliphatic carbocycles. The van der Waals surface area contributed by atoms with Crippen LogP contribution >= 0.6 is 24.8 Å². The topological polar surface area (TPSA) is 130 Å². The average molecular weight is 499 g/mol. The first-order valence-electron chi connectivity index (χ1n) is 9.13. The van der Waals surface area contributed by atoms with Crippen LogP contribution in [0.5, 0.6) is 11.5 Å². The van der Waals surface area contributed by atoms with Gasteiger partial charge in [-0.3, -0.25) is 14.9 Å². The molecule has 0 radical (unpaired) electrons. The van der Waals surface area contributed by atoms with E-state index in [0.29, 0.717) is 12.2 Å². The summed E-state index contributed by atoms with van der Waals surface area (Å²) in [5.41, 5.74) is 6.58. The smallest absolute Gasteiger partial charge is 0.322 e. The first kappa shape index (κ1) is 27.6. The number of nitrogens with two attached hydrogens (primary N) is 1. The minimum atomic E-state index is -0.774. The number of hydrogen-bond acceptors (Lipinski definition) is 8. The Balaban J connectivity index is 0.00000272. The summed E-state index contributed by atoms with van der Waals surface area (Å²) in [7, 11) is 1.27. The highest BCUT2D eigenvalue weighted by Crippen LogP contribution is 2.30. The number of carbonyl (C=O) groups is 1. The Bertz CT molecular complexity index is 1100. The van der Waals surface area contributed by atoms with Gasteiger partial charge in [0.05, 0.1) is 12.0 Å². The molecule has 0 amide bonds. The number of hydrogen-bond donors (Lipinski definition) is 2. The molecule has 12 heteroatoms. The third-order valence-corrected chi connectivity index (χ3v) is 4.29. The summed E-state index contributed by atoms with van der Waals surface area (Å²) in [5.74, 6) is -0.815. The molecule has 0 fully saturated rings. The standard InChI is InChI=1S/C21H19FN4O5.2ClH/c1-30-21(27)17(23)11-13-4-7-15(8-5-13)31-19-9-6-14(12-16(19)22)25-20-18(26(28)29)3-2-10-24-20;;/h2-10,12,17H,11,23H2,1H3,(H,24,25);2*1H/t17-;;/m0../s1. The zero-order valence-corrected chi connectivity index (χ0v) is 18.9. The van der Waals surface area contributed by atoms with E-state index in [9.17, 15) is 19.3 Å². The number of nitrogens with zero attached hydrogens (tertiary/aromatic N) is 2. The Labute approximate surface area is 201 Å². The number of carbonyl (C=O) groups excluding carboxylic acids is 1. The molecular weight excluding hydrogens is 478 g/mol. The SMILES string of the molecule is COC(=O)[C@@H](N)Cc1ccc(Oc2ccc(Nc3ncccc3[N+](=O)[O-])cc2F)cc1.Cl.Cl. The van der Waals surface area contributed by atoms with Crippen LogP contribution in [0.1, 0.15) is 5.56 Å². The molecule has 1 heterocycles. The van der Waals surface area contributed by atoms with Crippen LogP contribution in [0.15, 0.2) is 60.8 Å². The van der Waals surface area contributed by atoms with Gasteiger partial charge in [-0.25, -0.2) is 9.37 Å². The molecule has 3 rings (SSSR count). The third-order valence-electron chi connectivity index (χ3n) is 4.29. The van der Waals surface area contributed by atoms with Crippen molar-refractivity contribution < 1.29 is 23.6 Å². The maximum Gasteiger partial charge on any atom is 0.322 e. The summed E-state index contributed by atoms with van der Waals surface area (Å²) >= 11 is 0. The number of halogens is 3. The molecule has 0 saturated carbocycles. The lowest BCUT2D eigenvalue weighted by Gasteiger charge is -2.11. The van der Waals surface area contributed by atoms with Crippen molar-refractivity contribution in [2.75, 3.05) is 12.4 Å². The van der Waals surface area contributed by atoms with Crippen molar-refractivity contribution in [1.29, 1.82) is 0 Å². The average Bonchev–Trinajstić information content (AvgIpc) is 2.76. The second kappa shape index (κ2) is 12.5. The van der Waals surface area contributed by atoms with Crippen molar-refractivity contribution in [1.82, 2.24) is 4.98 Å². The lowest BCUT2D eigenvalue weighted by Crippen LogP contribution is -2.33. The van der Waals surface area contributed by atoms with Gasteiger partial charge >= 0.3 is 11.7 Å². The number of methoxy groups -OCH3 is 1. The molecule has 3 N–H and O–H groups in total. The predicted octanol–water partition coefficient (Wildman–Crippen LogP) is 4.55. The van der Waals surface area contributed by atoms with Crippen LogP contribution in [0.4, 0.5) is 21.6 Å². The quantitative estimate of drug-likeness (QED) is 0.262. The molecule has 176 valence electrons. The first-order chi connectivity index (χ1) is 14.9. The van der Waals surface area contributed by atoms with E-state index in [1.165, 1.54) is 37.6 Å². The fraction of sp³-hybridized carbons (Fsp3) is 0.143. The highest BCUT2D eigenvalue weighted by atomic mass is 35.5. The fourth-order valence-corrected chi connectivity index (χ4v) is 2.75. The summed E-state index contributed by atoms with van der Waals surface area (Å²) < 4.78 is 24.6. The Morgan fingerprint density at radius 2 is 1.91 bits per heavy atom. The molecule has 1 aromatic heterocycles. The lowest BCUT2D eigenvalue weighted by atomic mass is 10.1. The van der Waals surface area contributed by atoms with Gasteiger partial charge in [0, 0.05) is 24.0 Å². The fourth-order valence-electron chi connectivity index (χ4n) is 2.75. The summed E-state index contributed by atoms with van der Waals surface area (Å²) in [6, 6.07) is 12.7. The van der Waals surface area contributed by atoms with Crippen LogP contribution in [-0.4, -0.2) is 29.0 Å². The maximum atomic E-state index is 14.5. The van der Waals surface area contributed by atoms with Crippen molar-refractivity contribution in [2.45, 2.75) is 12.5 Å². The highest BCUT2D eigenvalue weighted by molar-refractivity contribution is 5.85. The molecule has 0 bridgehead atoms. The second-order valence-electron chi connectivity index (χ2n) is 6.48. The van der Waals surface area contributed by atoms with Gasteiger partial charge in [0.1, 0.15) is 11.8 Å². The molecular formula is C21H21Cl2FN4O5. The molecule has 9 nitrogen and oxygen atoms in total. The Kier molecular flexibility index (Phi) is 10.5. The largest absolute Gasteiger partial charge is 0.468 e. The number of pyridine rings is 1. The molecule has 0 aliphatic rings. The zero-order valence-electron chi connectivity index (χ0n) is 17.3. The number of nitro groups is 1. The summed E-state index contributed by atoms with van der Waals surface area (Å²) in [6.07, 6.45) is 1.69. The van der Waals surface area contributed by atoms with Crippen molar-refractivity contribution in [3.8, 4) is 11.5 Å². The molecule has 0 spiro atoms. The van der Waals surface area contributed by atoms with E-state index in [4.69, 9.17) is 10.5 Å². The van der Waals surface area contributed by atoms with Gasteiger partial charge < -0.3 is 20.5 Å². The van der Waals surface area contributed by atoms with Crippen molar-refractivity contribution in [3.05, 3.63) is 82.3 Å². The monoisotopic (exact) mass is 498 g/mol. The molecule has 0 aliphatic heterocycles. The number of rotatable bonds is 8. The van der Waals surface area contributed by atoms with Gasteiger partial charge in [0.15, 0.2) is 11.6 Å². The number of ether oxygens (including phenoxy) is 2. The Hall–Kier alpha value is -3.47. The van der Waals surface area contributed by atoms with Crippen LogP contribution in [0.2, 0.25) is 0 Å². The minimum absolute atomic E-state index is 0. The zero-order chi connectivity index (χ0) is 22.4. The lowest BCUT2D eigenvalue weighted by molar-refractivity contribution is -0.384. The Morgan fingerprint density at radius 1 is 1.21 bits per heavy atom. The van der Waals surface area contributed by atoms with E-state index < -0.39 is 22.8 Å². The number of esters is 1. The molecule has 33 heavy (non-hydrogen) atoms. The van der Waals surface area contributed by atoms with Gasteiger partial charge in [-0.1, -0.05) is 12.1 Å². The van der Waals surface area contributed by atoms with Crippen LogP contribution in [0.3, 0.4) is 0 Å². The first-order valence-corrected chi connectivity index (χ1v) is 9.13. The second-order valence-corrected chi connectivity index (χ2v) is 6.48. The van der Waals surface area contributed by atoms with Crippen LogP contribution in [0, 0.1) is 15.9 Å². The van der Waals surface area contributed by atoms with E-state index in [0.717, 1.165) is 11.6 Å². The van der Waals surface area contributed by atoms with Gasteiger partial charge in [-0.15, -0.1) is 24.8 Å². The van der Waals surface area contributed by atoms with Crippen LogP contribution in [-0.2, 0) is 16.0 Å². The van der Waals surface area contributed by atoms with Crippen LogP contribution in [0.25, 0.3) is 0 Å². The highest BCUT2D eigenvalue weighted by Gasteiger charge is 2.16. The minimum Gasteiger partial charge on any atom is -0.468 e. The maximum absolute atomic E-state index is 14.5. The van der Waals surface area contributed by atoms with Gasteiger partial charge in [0.25, 0.3) is 0 Å². The summed E-state index contributed by atoms with van der Waals surface area (Å²) in [4.78, 5) is 25.8. The van der Waals surface area contributed by atoms with E-state index in [1.54, 1.807) is 24.3 Å². The molecule has 1 atom stereocenters. The van der Waals surface area contributed by atoms with Crippen molar-refractivity contribution in [2.24, 2.45) is 5.73 Å². The summed E-state index contributed by atoms with van der Waals surface area (Å²) in [6.45, 7) is 0. The van der Waals surface area contributed by atoms with E-state index in [-0.39, 0.29) is 47.8 Å². The third kappa shape index (κ3) is 7.28. The normalized spacial score (nSPS) is 10.8. The van der Waals surface area contributed by atoms with Gasteiger partial charge in [-0.05, 0) is 42.3 Å². The predicted molar refractivity (Wildman–Crippen MR) is 125 cm³/mol. The molecule has 0 unspecified atom stereocenters. The van der Waals surface area contributed by atoms with Crippen LogP contribution < -0.4 is 15.8 Å². The number of benzene rings is 2. The van der Waals surface area contributed by atoms with Crippen molar-refractivity contribution >= 4 is 48.0 Å². The van der Waals surface area contributed by atoms with E-state index in [2.05, 4.69) is 15.0 Å². The summed E-state index contributed by atoms with van der Waals surface area (Å²) in [5, 5.41) is 13.8. The van der Waals surface area contributed by atoms with E-state index in [1.807, 2.05) is 0 Å². The molecule has 0 saturated heterocycles. The van der Waals surface area contributed by atoms with Crippen molar-refractivity contribution in [3.63, 3.8) is 0 Å². The molecule has 3 aromatic rings. The number of anilines is 2.